The molecule has 0 radical (unpaired) electrons. The van der Waals surface area contributed by atoms with Crippen LogP contribution in [0.1, 0.15) is 19.3 Å². The molecule has 2 N–H and O–H groups in total. The average molecular weight is 335 g/mol. The van der Waals surface area contributed by atoms with Gasteiger partial charge in [-0.3, -0.25) is 5.32 Å². The zero-order valence-electron chi connectivity index (χ0n) is 12.5. The molecule has 0 spiro atoms. The zero-order valence-corrected chi connectivity index (χ0v) is 12.5. The maximum Gasteiger partial charge on any atom is 0.431 e. The van der Waals surface area contributed by atoms with Gasteiger partial charge >= 0.3 is 12.3 Å². The second-order valence-electron chi connectivity index (χ2n) is 5.59. The van der Waals surface area contributed by atoms with Crippen LogP contribution in [-0.2, 0) is 4.74 Å². The van der Waals surface area contributed by atoms with E-state index in [1.165, 1.54) is 12.1 Å². The first-order valence-corrected chi connectivity index (χ1v) is 7.48. The fourth-order valence-corrected chi connectivity index (χ4v) is 2.59. The number of carbonyl (C=O) groups is 1. The van der Waals surface area contributed by atoms with Crippen LogP contribution in [0.15, 0.2) is 24.3 Å². The van der Waals surface area contributed by atoms with Gasteiger partial charge in [-0.2, -0.15) is 13.2 Å². The minimum Gasteiger partial charge on any atom is -0.430 e. The molecule has 0 saturated carbocycles. The smallest absolute Gasteiger partial charge is 0.430 e. The Hall–Kier alpha value is -1.83. The van der Waals surface area contributed by atoms with Crippen LogP contribution in [0.4, 0.5) is 28.0 Å². The number of hydrogen-bond acceptors (Lipinski definition) is 2. The van der Waals surface area contributed by atoms with E-state index in [1.807, 2.05) is 0 Å². The molecule has 1 amide bonds. The molecule has 1 saturated heterocycles. The fourth-order valence-electron chi connectivity index (χ4n) is 2.59. The lowest BCUT2D eigenvalue weighted by atomic mass is 10.1. The molecule has 1 aromatic rings. The molecule has 1 aliphatic rings. The first-order chi connectivity index (χ1) is 10.8. The Bertz CT molecular complexity index is 530. The predicted octanol–water partition coefficient (Wildman–Crippen LogP) is 2.37. The standard InChI is InChI=1S/C15H18F4N2O2/c16-11-5-4-6-12(9-11)20-14(22)23-13(15(17,18)19)10-21-7-2-1-3-8-21/h4-6,9,13H,1-3,7-8,10H2,(H,20,22)/p+1/t13-/m1/s1. The van der Waals surface area contributed by atoms with Gasteiger partial charge in [0.1, 0.15) is 12.4 Å². The van der Waals surface area contributed by atoms with Gasteiger partial charge in [-0.05, 0) is 37.5 Å². The summed E-state index contributed by atoms with van der Waals surface area (Å²) in [7, 11) is 0. The van der Waals surface area contributed by atoms with E-state index in [4.69, 9.17) is 0 Å². The zero-order chi connectivity index (χ0) is 16.9. The molecular formula is C15H19F4N2O2+. The molecule has 1 atom stereocenters. The first-order valence-electron chi connectivity index (χ1n) is 7.48. The van der Waals surface area contributed by atoms with Gasteiger partial charge in [0.05, 0.1) is 13.1 Å². The van der Waals surface area contributed by atoms with E-state index >= 15 is 0 Å². The van der Waals surface area contributed by atoms with Crippen LogP contribution < -0.4 is 10.2 Å². The van der Waals surface area contributed by atoms with Crippen molar-refractivity contribution in [1.29, 1.82) is 0 Å². The fraction of sp³-hybridized carbons (Fsp3) is 0.533. The molecule has 23 heavy (non-hydrogen) atoms. The Labute approximate surface area is 131 Å². The minimum absolute atomic E-state index is 0.0428. The van der Waals surface area contributed by atoms with E-state index in [1.54, 1.807) is 0 Å². The Balaban J connectivity index is 1.95. The number of quaternary nitrogens is 1. The Morgan fingerprint density at radius 1 is 1.26 bits per heavy atom. The molecule has 0 aliphatic carbocycles. The van der Waals surface area contributed by atoms with Gasteiger partial charge in [0.2, 0.25) is 6.10 Å². The van der Waals surface area contributed by atoms with E-state index in [0.29, 0.717) is 13.1 Å². The number of nitrogens with one attached hydrogen (secondary N) is 2. The predicted molar refractivity (Wildman–Crippen MR) is 75.8 cm³/mol. The highest BCUT2D eigenvalue weighted by atomic mass is 19.4. The van der Waals surface area contributed by atoms with E-state index in [0.717, 1.165) is 36.3 Å². The molecule has 0 bridgehead atoms. The molecule has 2 rings (SSSR count). The van der Waals surface area contributed by atoms with Crippen LogP contribution in [0.3, 0.4) is 0 Å². The number of anilines is 1. The van der Waals surface area contributed by atoms with Gasteiger partial charge < -0.3 is 9.64 Å². The van der Waals surface area contributed by atoms with Crippen molar-refractivity contribution in [1.82, 2.24) is 0 Å². The molecule has 1 fully saturated rings. The van der Waals surface area contributed by atoms with Crippen LogP contribution in [0.2, 0.25) is 0 Å². The number of likely N-dealkylation sites (tertiary alicyclic amines) is 1. The van der Waals surface area contributed by atoms with Gasteiger partial charge in [0.15, 0.2) is 0 Å². The third-order valence-corrected chi connectivity index (χ3v) is 3.72. The van der Waals surface area contributed by atoms with Crippen LogP contribution in [0, 0.1) is 5.82 Å². The van der Waals surface area contributed by atoms with Crippen molar-refractivity contribution in [3.8, 4) is 0 Å². The molecular weight excluding hydrogens is 316 g/mol. The summed E-state index contributed by atoms with van der Waals surface area (Å²) in [5, 5.41) is 2.11. The van der Waals surface area contributed by atoms with Crippen molar-refractivity contribution < 1.29 is 32.0 Å². The molecule has 128 valence electrons. The van der Waals surface area contributed by atoms with Crippen molar-refractivity contribution in [2.24, 2.45) is 0 Å². The highest BCUT2D eigenvalue weighted by molar-refractivity contribution is 5.84. The highest BCUT2D eigenvalue weighted by Gasteiger charge is 2.45. The normalized spacial score (nSPS) is 17.6. The van der Waals surface area contributed by atoms with E-state index in [-0.39, 0.29) is 12.2 Å². The van der Waals surface area contributed by atoms with Crippen molar-refractivity contribution in [3.63, 3.8) is 0 Å². The number of benzene rings is 1. The lowest BCUT2D eigenvalue weighted by Gasteiger charge is -2.28. The number of ether oxygens (including phenoxy) is 1. The molecule has 8 heteroatoms. The van der Waals surface area contributed by atoms with Crippen molar-refractivity contribution >= 4 is 11.8 Å². The Morgan fingerprint density at radius 3 is 2.57 bits per heavy atom. The van der Waals surface area contributed by atoms with Crippen molar-refractivity contribution in [2.75, 3.05) is 25.0 Å². The van der Waals surface area contributed by atoms with Gasteiger partial charge in [0, 0.05) is 5.69 Å². The second-order valence-corrected chi connectivity index (χ2v) is 5.59. The van der Waals surface area contributed by atoms with Crippen molar-refractivity contribution in [2.45, 2.75) is 31.5 Å². The third-order valence-electron chi connectivity index (χ3n) is 3.72. The van der Waals surface area contributed by atoms with Gasteiger partial charge in [-0.1, -0.05) is 6.07 Å². The molecule has 1 heterocycles. The van der Waals surface area contributed by atoms with Gasteiger partial charge in [-0.25, -0.2) is 9.18 Å². The summed E-state index contributed by atoms with van der Waals surface area (Å²) in [5.74, 6) is -0.604. The first kappa shape index (κ1) is 17.5. The molecule has 1 aromatic carbocycles. The summed E-state index contributed by atoms with van der Waals surface area (Å²) in [5.41, 5.74) is 0.0428. The SMILES string of the molecule is O=C(Nc1cccc(F)c1)O[C@H](C[NH+]1CCCCC1)C(F)(F)F. The monoisotopic (exact) mass is 335 g/mol. The average Bonchev–Trinajstić information content (AvgIpc) is 2.46. The summed E-state index contributed by atoms with van der Waals surface area (Å²) in [6.07, 6.45) is -5.30. The molecule has 4 nitrogen and oxygen atoms in total. The number of hydrogen-bond donors (Lipinski definition) is 2. The largest absolute Gasteiger partial charge is 0.431 e. The molecule has 0 aromatic heterocycles. The van der Waals surface area contributed by atoms with E-state index < -0.39 is 24.2 Å². The number of carbonyl (C=O) groups excluding carboxylic acids is 1. The van der Waals surface area contributed by atoms with Crippen LogP contribution in [0.5, 0.6) is 0 Å². The summed E-state index contributed by atoms with van der Waals surface area (Å²) < 4.78 is 56.7. The van der Waals surface area contributed by atoms with Crippen molar-refractivity contribution in [3.05, 3.63) is 30.1 Å². The highest BCUT2D eigenvalue weighted by Crippen LogP contribution is 2.23. The number of halogens is 4. The topological polar surface area (TPSA) is 42.8 Å². The van der Waals surface area contributed by atoms with Crippen LogP contribution in [-0.4, -0.2) is 38.0 Å². The number of amides is 1. The number of rotatable bonds is 4. The minimum atomic E-state index is -4.64. The second kappa shape index (κ2) is 7.63. The summed E-state index contributed by atoms with van der Waals surface area (Å²) >= 11 is 0. The summed E-state index contributed by atoms with van der Waals surface area (Å²) in [6.45, 7) is 0.975. The van der Waals surface area contributed by atoms with Crippen LogP contribution in [0.25, 0.3) is 0 Å². The van der Waals surface area contributed by atoms with E-state index in [2.05, 4.69) is 10.1 Å². The molecule has 1 aliphatic heterocycles. The Morgan fingerprint density at radius 2 is 1.96 bits per heavy atom. The summed E-state index contributed by atoms with van der Waals surface area (Å²) in [6, 6.07) is 4.86. The van der Waals surface area contributed by atoms with Crippen LogP contribution >= 0.6 is 0 Å². The van der Waals surface area contributed by atoms with Gasteiger partial charge in [-0.15, -0.1) is 0 Å². The Kier molecular flexibility index (Phi) is 5.81. The van der Waals surface area contributed by atoms with Gasteiger partial charge in [0.25, 0.3) is 0 Å². The van der Waals surface area contributed by atoms with E-state index in [9.17, 15) is 22.4 Å². The quantitative estimate of drug-likeness (QED) is 0.830. The lowest BCUT2D eigenvalue weighted by molar-refractivity contribution is -0.909. The third kappa shape index (κ3) is 5.70. The molecule has 0 unspecified atom stereocenters. The maximum atomic E-state index is 13.1. The number of alkyl halides is 3. The maximum absolute atomic E-state index is 13.1. The number of piperidine rings is 1. The summed E-state index contributed by atoms with van der Waals surface area (Å²) in [4.78, 5) is 12.4. The lowest BCUT2D eigenvalue weighted by Crippen LogP contribution is -3.14.